The van der Waals surface area contributed by atoms with Gasteiger partial charge in [-0.05, 0) is 42.7 Å². The monoisotopic (exact) mass is 372 g/mol. The lowest BCUT2D eigenvalue weighted by Crippen LogP contribution is -2.38. The summed E-state index contributed by atoms with van der Waals surface area (Å²) < 4.78 is 21.1. The molecule has 3 rings (SSSR count). The summed E-state index contributed by atoms with van der Waals surface area (Å²) in [5.74, 6) is 2.48. The zero-order chi connectivity index (χ0) is 19.4. The average molecular weight is 372 g/mol. The van der Waals surface area contributed by atoms with Crippen molar-refractivity contribution >= 4 is 11.7 Å². The fourth-order valence-corrected chi connectivity index (χ4v) is 3.02. The lowest BCUT2D eigenvalue weighted by molar-refractivity contribution is 0.247. The first-order valence-corrected chi connectivity index (χ1v) is 8.59. The Labute approximate surface area is 158 Å². The van der Waals surface area contributed by atoms with E-state index in [2.05, 4.69) is 10.6 Å². The minimum Gasteiger partial charge on any atom is -0.497 e. The number of rotatable bonds is 7. The molecule has 1 saturated carbocycles. The summed E-state index contributed by atoms with van der Waals surface area (Å²) in [6, 6.07) is 10.6. The number of hydrogen-bond donors (Lipinski definition) is 2. The van der Waals surface area contributed by atoms with Gasteiger partial charge in [0.15, 0.2) is 11.5 Å². The molecule has 7 heteroatoms. The van der Waals surface area contributed by atoms with Crippen molar-refractivity contribution < 1.29 is 23.7 Å². The first-order valence-electron chi connectivity index (χ1n) is 8.59. The highest BCUT2D eigenvalue weighted by Crippen LogP contribution is 2.47. The summed E-state index contributed by atoms with van der Waals surface area (Å²) in [4.78, 5) is 12.6. The normalized spacial score (nSPS) is 14.1. The second-order valence-corrected chi connectivity index (χ2v) is 6.30. The van der Waals surface area contributed by atoms with E-state index in [-0.39, 0.29) is 6.03 Å². The molecule has 0 aliphatic heterocycles. The SMILES string of the molecule is COc1ccc(NC(=O)NC2(c3ccc(OC)c(OC)c3)CC2)c(OC)c1. The third-order valence-corrected chi connectivity index (χ3v) is 4.70. The molecule has 144 valence electrons. The van der Waals surface area contributed by atoms with Crippen molar-refractivity contribution in [2.24, 2.45) is 0 Å². The number of urea groups is 1. The Bertz CT molecular complexity index is 833. The lowest BCUT2D eigenvalue weighted by atomic mass is 10.0. The van der Waals surface area contributed by atoms with E-state index >= 15 is 0 Å². The molecule has 7 nitrogen and oxygen atoms in total. The number of ether oxygens (including phenoxy) is 4. The number of benzene rings is 2. The van der Waals surface area contributed by atoms with Gasteiger partial charge >= 0.3 is 6.03 Å². The molecule has 2 amide bonds. The van der Waals surface area contributed by atoms with Crippen molar-refractivity contribution in [2.45, 2.75) is 18.4 Å². The van der Waals surface area contributed by atoms with Crippen LogP contribution in [-0.4, -0.2) is 34.5 Å². The number of methoxy groups -OCH3 is 4. The zero-order valence-electron chi connectivity index (χ0n) is 15.9. The molecule has 0 saturated heterocycles. The highest BCUT2D eigenvalue weighted by molar-refractivity contribution is 5.92. The number of carbonyl (C=O) groups is 1. The van der Waals surface area contributed by atoms with Crippen molar-refractivity contribution in [3.8, 4) is 23.0 Å². The molecule has 0 bridgehead atoms. The molecule has 27 heavy (non-hydrogen) atoms. The second kappa shape index (κ2) is 7.65. The van der Waals surface area contributed by atoms with Crippen LogP contribution >= 0.6 is 0 Å². The van der Waals surface area contributed by atoms with Crippen molar-refractivity contribution in [1.29, 1.82) is 0 Å². The van der Waals surface area contributed by atoms with Gasteiger partial charge in [-0.2, -0.15) is 0 Å². The first kappa shape index (κ1) is 18.7. The third-order valence-electron chi connectivity index (χ3n) is 4.70. The molecule has 1 aliphatic carbocycles. The van der Waals surface area contributed by atoms with Crippen molar-refractivity contribution in [2.75, 3.05) is 33.8 Å². The Morgan fingerprint density at radius 1 is 0.852 bits per heavy atom. The molecule has 0 atom stereocenters. The summed E-state index contributed by atoms with van der Waals surface area (Å²) in [5.41, 5.74) is 1.15. The van der Waals surface area contributed by atoms with E-state index in [1.54, 1.807) is 46.6 Å². The van der Waals surface area contributed by atoms with Crippen LogP contribution < -0.4 is 29.6 Å². The van der Waals surface area contributed by atoms with Gasteiger partial charge in [-0.15, -0.1) is 0 Å². The van der Waals surface area contributed by atoms with E-state index in [0.29, 0.717) is 28.7 Å². The van der Waals surface area contributed by atoms with Crippen LogP contribution in [0.25, 0.3) is 0 Å². The molecule has 2 N–H and O–H groups in total. The molecule has 0 aromatic heterocycles. The lowest BCUT2D eigenvalue weighted by Gasteiger charge is -2.20. The van der Waals surface area contributed by atoms with E-state index in [9.17, 15) is 4.79 Å². The topological polar surface area (TPSA) is 78.1 Å². The maximum absolute atomic E-state index is 12.6. The largest absolute Gasteiger partial charge is 0.497 e. The minimum absolute atomic E-state index is 0.300. The molecule has 0 unspecified atom stereocenters. The number of anilines is 1. The standard InChI is InChI=1S/C20H24N2O5/c1-24-14-6-7-15(17(12-14)26-3)21-19(23)22-20(9-10-20)13-5-8-16(25-2)18(11-13)27-4/h5-8,11-12H,9-10H2,1-4H3,(H2,21,22,23). The predicted octanol–water partition coefficient (Wildman–Crippen LogP) is 3.53. The van der Waals surface area contributed by atoms with Gasteiger partial charge in [0.1, 0.15) is 11.5 Å². The van der Waals surface area contributed by atoms with Crippen LogP contribution in [0.5, 0.6) is 23.0 Å². The highest BCUT2D eigenvalue weighted by atomic mass is 16.5. The Kier molecular flexibility index (Phi) is 5.30. The van der Waals surface area contributed by atoms with Gasteiger partial charge in [-0.25, -0.2) is 4.79 Å². The molecule has 0 radical (unpaired) electrons. The summed E-state index contributed by atoms with van der Waals surface area (Å²) in [7, 11) is 6.31. The van der Waals surface area contributed by atoms with Crippen LogP contribution in [0.2, 0.25) is 0 Å². The van der Waals surface area contributed by atoms with Gasteiger partial charge in [-0.1, -0.05) is 6.07 Å². The Balaban J connectivity index is 1.74. The molecule has 1 fully saturated rings. The number of nitrogens with one attached hydrogen (secondary N) is 2. The van der Waals surface area contributed by atoms with E-state index in [4.69, 9.17) is 18.9 Å². The second-order valence-electron chi connectivity index (χ2n) is 6.30. The minimum atomic E-state index is -0.399. The number of hydrogen-bond acceptors (Lipinski definition) is 5. The van der Waals surface area contributed by atoms with Gasteiger partial charge in [0.2, 0.25) is 0 Å². The van der Waals surface area contributed by atoms with Crippen molar-refractivity contribution in [3.63, 3.8) is 0 Å². The summed E-state index contributed by atoms with van der Waals surface area (Å²) >= 11 is 0. The summed E-state index contributed by atoms with van der Waals surface area (Å²) in [6.07, 6.45) is 1.71. The van der Waals surface area contributed by atoms with Crippen LogP contribution in [0.3, 0.4) is 0 Å². The van der Waals surface area contributed by atoms with E-state index in [1.165, 1.54) is 0 Å². The van der Waals surface area contributed by atoms with Crippen LogP contribution in [0.4, 0.5) is 10.5 Å². The fraction of sp³-hybridized carbons (Fsp3) is 0.350. The predicted molar refractivity (Wildman–Crippen MR) is 102 cm³/mol. The van der Waals surface area contributed by atoms with Gasteiger partial charge in [0, 0.05) is 6.07 Å². The van der Waals surface area contributed by atoms with Gasteiger partial charge in [-0.3, -0.25) is 0 Å². The third kappa shape index (κ3) is 3.86. The molecular formula is C20H24N2O5. The fourth-order valence-electron chi connectivity index (χ4n) is 3.02. The molecule has 1 aliphatic rings. The highest BCUT2D eigenvalue weighted by Gasteiger charge is 2.46. The first-order chi connectivity index (χ1) is 13.0. The molecular weight excluding hydrogens is 348 g/mol. The summed E-state index contributed by atoms with van der Waals surface area (Å²) in [6.45, 7) is 0. The molecule has 0 heterocycles. The van der Waals surface area contributed by atoms with E-state index < -0.39 is 5.54 Å². The summed E-state index contributed by atoms with van der Waals surface area (Å²) in [5, 5.41) is 5.91. The molecule has 2 aromatic carbocycles. The Morgan fingerprint density at radius 3 is 2.15 bits per heavy atom. The maximum atomic E-state index is 12.6. The molecule has 0 spiro atoms. The van der Waals surface area contributed by atoms with Gasteiger partial charge < -0.3 is 29.6 Å². The van der Waals surface area contributed by atoms with Gasteiger partial charge in [0.25, 0.3) is 0 Å². The van der Waals surface area contributed by atoms with Crippen molar-refractivity contribution in [3.05, 3.63) is 42.0 Å². The smallest absolute Gasteiger partial charge is 0.320 e. The average Bonchev–Trinajstić information content (AvgIpc) is 3.48. The van der Waals surface area contributed by atoms with E-state index in [1.807, 2.05) is 18.2 Å². The quantitative estimate of drug-likeness (QED) is 0.777. The van der Waals surface area contributed by atoms with Crippen molar-refractivity contribution in [1.82, 2.24) is 5.32 Å². The maximum Gasteiger partial charge on any atom is 0.320 e. The number of amides is 2. The molecule has 2 aromatic rings. The number of carbonyl (C=O) groups excluding carboxylic acids is 1. The van der Waals surface area contributed by atoms with Crippen LogP contribution in [0, 0.1) is 0 Å². The van der Waals surface area contributed by atoms with Crippen LogP contribution in [0.1, 0.15) is 18.4 Å². The van der Waals surface area contributed by atoms with Crippen LogP contribution in [0.15, 0.2) is 36.4 Å². The Hall–Kier alpha value is -3.09. The Morgan fingerprint density at radius 2 is 1.56 bits per heavy atom. The van der Waals surface area contributed by atoms with E-state index in [0.717, 1.165) is 18.4 Å². The van der Waals surface area contributed by atoms with Crippen LogP contribution in [-0.2, 0) is 5.54 Å². The zero-order valence-corrected chi connectivity index (χ0v) is 15.9. The van der Waals surface area contributed by atoms with Gasteiger partial charge in [0.05, 0.1) is 39.7 Å².